The summed E-state index contributed by atoms with van der Waals surface area (Å²) in [6.45, 7) is 6.06. The second-order valence-electron chi connectivity index (χ2n) is 8.82. The molecule has 3 aromatic rings. The molecule has 7 nitrogen and oxygen atoms in total. The van der Waals surface area contributed by atoms with Gasteiger partial charge in [0.05, 0.1) is 7.11 Å². The summed E-state index contributed by atoms with van der Waals surface area (Å²) in [6.07, 6.45) is 1.95. The van der Waals surface area contributed by atoms with Crippen molar-refractivity contribution in [3.63, 3.8) is 0 Å². The minimum atomic E-state index is -0.224. The number of hydrogen-bond acceptors (Lipinski definition) is 5. The van der Waals surface area contributed by atoms with Gasteiger partial charge in [-0.2, -0.15) is 0 Å². The van der Waals surface area contributed by atoms with Crippen LogP contribution in [0.2, 0.25) is 0 Å². The van der Waals surface area contributed by atoms with Crippen molar-refractivity contribution in [2.45, 2.75) is 32.9 Å². The number of fused-ring (bicyclic) bond motifs is 2. The average molecular weight is 432 g/mol. The lowest BCUT2D eigenvalue weighted by Crippen LogP contribution is -2.31. The number of ether oxygens (including phenoxy) is 1. The SMILES string of the molecule is CCc1ccc(CN2C[C@@H]3Cn4c(nnc4C(=O)Nc4ccc(OC)cc4)C[C@H]3C2)cc1. The molecule has 32 heavy (non-hydrogen) atoms. The van der Waals surface area contributed by atoms with Crippen LogP contribution in [0, 0.1) is 11.8 Å². The third-order valence-corrected chi connectivity index (χ3v) is 6.73. The molecule has 5 rings (SSSR count). The van der Waals surface area contributed by atoms with Crippen LogP contribution < -0.4 is 10.1 Å². The highest BCUT2D eigenvalue weighted by atomic mass is 16.5. The van der Waals surface area contributed by atoms with Gasteiger partial charge in [-0.1, -0.05) is 31.2 Å². The van der Waals surface area contributed by atoms with E-state index in [4.69, 9.17) is 4.74 Å². The first kappa shape index (κ1) is 20.7. The van der Waals surface area contributed by atoms with Gasteiger partial charge in [0.2, 0.25) is 5.82 Å². The maximum absolute atomic E-state index is 12.9. The van der Waals surface area contributed by atoms with Gasteiger partial charge in [0, 0.05) is 38.3 Å². The Morgan fingerprint density at radius 1 is 1.00 bits per heavy atom. The minimum Gasteiger partial charge on any atom is -0.497 e. The largest absolute Gasteiger partial charge is 0.497 e. The van der Waals surface area contributed by atoms with Crippen molar-refractivity contribution >= 4 is 11.6 Å². The van der Waals surface area contributed by atoms with Crippen molar-refractivity contribution in [3.05, 3.63) is 71.3 Å². The molecule has 7 heteroatoms. The van der Waals surface area contributed by atoms with E-state index in [0.717, 1.165) is 50.6 Å². The molecule has 3 heterocycles. The maximum Gasteiger partial charge on any atom is 0.293 e. The Kier molecular flexibility index (Phi) is 5.66. The topological polar surface area (TPSA) is 72.3 Å². The molecule has 0 saturated carbocycles. The molecule has 1 N–H and O–H groups in total. The Morgan fingerprint density at radius 2 is 1.72 bits per heavy atom. The molecule has 2 aliphatic rings. The average Bonchev–Trinajstić information content (AvgIpc) is 3.41. The van der Waals surface area contributed by atoms with E-state index in [1.807, 2.05) is 28.8 Å². The predicted molar refractivity (Wildman–Crippen MR) is 123 cm³/mol. The number of carbonyl (C=O) groups is 1. The van der Waals surface area contributed by atoms with Gasteiger partial charge in [-0.05, 0) is 53.6 Å². The highest BCUT2D eigenvalue weighted by molar-refractivity contribution is 6.01. The number of anilines is 1. The highest BCUT2D eigenvalue weighted by Gasteiger charge is 2.39. The summed E-state index contributed by atoms with van der Waals surface area (Å²) in [6, 6.07) is 16.2. The fraction of sp³-hybridized carbons (Fsp3) is 0.400. The Bertz CT molecular complexity index is 1090. The first-order chi connectivity index (χ1) is 15.6. The molecular weight excluding hydrogens is 402 g/mol. The number of nitrogens with zero attached hydrogens (tertiary/aromatic N) is 4. The lowest BCUT2D eigenvalue weighted by atomic mass is 9.89. The Labute approximate surface area is 188 Å². The zero-order valence-electron chi connectivity index (χ0n) is 18.6. The van der Waals surface area contributed by atoms with Crippen molar-refractivity contribution in [2.75, 3.05) is 25.5 Å². The van der Waals surface area contributed by atoms with Crippen LogP contribution in [-0.2, 0) is 25.9 Å². The standard InChI is InChI=1S/C25H29N5O2/c1-3-17-4-6-18(7-5-17)13-29-14-19-12-23-27-28-24(30(23)16-20(19)15-29)25(31)26-21-8-10-22(32-2)11-9-21/h4-11,19-20H,3,12-16H2,1-2H3,(H,26,31)/t19-,20+/m0/s1. The van der Waals surface area contributed by atoms with Gasteiger partial charge < -0.3 is 14.6 Å². The zero-order valence-corrected chi connectivity index (χ0v) is 18.6. The molecule has 2 aromatic carbocycles. The van der Waals surface area contributed by atoms with Crippen molar-refractivity contribution in [2.24, 2.45) is 11.8 Å². The number of methoxy groups -OCH3 is 1. The van der Waals surface area contributed by atoms with Crippen LogP contribution >= 0.6 is 0 Å². The van der Waals surface area contributed by atoms with Crippen molar-refractivity contribution in [3.8, 4) is 5.75 Å². The summed E-state index contributed by atoms with van der Waals surface area (Å²) in [7, 11) is 1.62. The molecule has 0 radical (unpaired) electrons. The number of likely N-dealkylation sites (tertiary alicyclic amines) is 1. The second-order valence-corrected chi connectivity index (χ2v) is 8.82. The van der Waals surface area contributed by atoms with Crippen molar-refractivity contribution < 1.29 is 9.53 Å². The first-order valence-corrected chi connectivity index (χ1v) is 11.3. The van der Waals surface area contributed by atoms with Gasteiger partial charge in [-0.15, -0.1) is 10.2 Å². The molecule has 1 aromatic heterocycles. The summed E-state index contributed by atoms with van der Waals surface area (Å²) < 4.78 is 7.19. The number of benzene rings is 2. The van der Waals surface area contributed by atoms with Crippen LogP contribution in [0.1, 0.15) is 34.5 Å². The summed E-state index contributed by atoms with van der Waals surface area (Å²) in [5, 5.41) is 11.5. The smallest absolute Gasteiger partial charge is 0.293 e. The third kappa shape index (κ3) is 4.12. The summed E-state index contributed by atoms with van der Waals surface area (Å²) in [5.41, 5.74) is 3.45. The monoisotopic (exact) mass is 431 g/mol. The van der Waals surface area contributed by atoms with Gasteiger partial charge in [-0.25, -0.2) is 0 Å². The number of aromatic nitrogens is 3. The van der Waals surface area contributed by atoms with E-state index < -0.39 is 0 Å². The normalized spacial score (nSPS) is 19.9. The number of carbonyl (C=O) groups excluding carboxylic acids is 1. The summed E-state index contributed by atoms with van der Waals surface area (Å²) in [5.74, 6) is 2.92. The van der Waals surface area contributed by atoms with E-state index >= 15 is 0 Å². The molecule has 166 valence electrons. The molecule has 1 saturated heterocycles. The Hall–Kier alpha value is -3.19. The number of amides is 1. The number of aryl methyl sites for hydroxylation is 1. The van der Waals surface area contributed by atoms with Crippen LogP contribution in [0.15, 0.2) is 48.5 Å². The van der Waals surface area contributed by atoms with Crippen LogP contribution in [0.5, 0.6) is 5.75 Å². The molecule has 1 fully saturated rings. The molecule has 1 amide bonds. The van der Waals surface area contributed by atoms with Crippen LogP contribution in [-0.4, -0.2) is 45.8 Å². The van der Waals surface area contributed by atoms with Crippen LogP contribution in [0.25, 0.3) is 0 Å². The second kappa shape index (κ2) is 8.74. The number of rotatable bonds is 6. The van der Waals surface area contributed by atoms with E-state index in [1.165, 1.54) is 11.1 Å². The van der Waals surface area contributed by atoms with Gasteiger partial charge in [0.15, 0.2) is 0 Å². The van der Waals surface area contributed by atoms with Gasteiger partial charge in [-0.3, -0.25) is 9.69 Å². The molecule has 0 aliphatic carbocycles. The van der Waals surface area contributed by atoms with Gasteiger partial charge >= 0.3 is 0 Å². The fourth-order valence-electron chi connectivity index (χ4n) is 4.92. The van der Waals surface area contributed by atoms with E-state index in [1.54, 1.807) is 7.11 Å². The highest BCUT2D eigenvalue weighted by Crippen LogP contribution is 2.33. The first-order valence-electron chi connectivity index (χ1n) is 11.3. The van der Waals surface area contributed by atoms with Crippen molar-refractivity contribution in [1.82, 2.24) is 19.7 Å². The number of hydrogen-bond donors (Lipinski definition) is 1. The molecule has 2 aliphatic heterocycles. The minimum absolute atomic E-state index is 0.224. The Balaban J connectivity index is 1.24. The van der Waals surface area contributed by atoms with Crippen LogP contribution in [0.3, 0.4) is 0 Å². The lowest BCUT2D eigenvalue weighted by molar-refractivity contribution is 0.100. The quantitative estimate of drug-likeness (QED) is 0.648. The molecule has 0 bridgehead atoms. The van der Waals surface area contributed by atoms with Gasteiger partial charge in [0.1, 0.15) is 11.6 Å². The lowest BCUT2D eigenvalue weighted by Gasteiger charge is -2.25. The van der Waals surface area contributed by atoms with E-state index in [0.29, 0.717) is 23.3 Å². The number of nitrogens with one attached hydrogen (secondary N) is 1. The molecular formula is C25H29N5O2. The Morgan fingerprint density at radius 3 is 2.44 bits per heavy atom. The molecule has 0 spiro atoms. The van der Waals surface area contributed by atoms with E-state index in [-0.39, 0.29) is 5.91 Å². The van der Waals surface area contributed by atoms with Crippen molar-refractivity contribution in [1.29, 1.82) is 0 Å². The molecule has 2 atom stereocenters. The predicted octanol–water partition coefficient (Wildman–Crippen LogP) is 3.41. The fourth-order valence-corrected chi connectivity index (χ4v) is 4.92. The maximum atomic E-state index is 12.9. The summed E-state index contributed by atoms with van der Waals surface area (Å²) in [4.78, 5) is 15.4. The van der Waals surface area contributed by atoms with E-state index in [9.17, 15) is 4.79 Å². The molecule has 0 unspecified atom stereocenters. The zero-order chi connectivity index (χ0) is 22.1. The van der Waals surface area contributed by atoms with E-state index in [2.05, 4.69) is 51.6 Å². The summed E-state index contributed by atoms with van der Waals surface area (Å²) >= 11 is 0. The van der Waals surface area contributed by atoms with Crippen LogP contribution in [0.4, 0.5) is 5.69 Å². The third-order valence-electron chi connectivity index (χ3n) is 6.73. The van der Waals surface area contributed by atoms with Gasteiger partial charge in [0.25, 0.3) is 5.91 Å².